The van der Waals surface area contributed by atoms with E-state index >= 15 is 0 Å². The predicted octanol–water partition coefficient (Wildman–Crippen LogP) is 3.64. The summed E-state index contributed by atoms with van der Waals surface area (Å²) in [6, 6.07) is 0. The van der Waals surface area contributed by atoms with Gasteiger partial charge < -0.3 is 0 Å². The van der Waals surface area contributed by atoms with E-state index in [1.54, 1.807) is 6.08 Å². The van der Waals surface area contributed by atoms with Crippen molar-refractivity contribution in [2.75, 3.05) is 0 Å². The molecule has 0 saturated carbocycles. The summed E-state index contributed by atoms with van der Waals surface area (Å²) in [5, 5.41) is 0. The molecule has 0 saturated heterocycles. The Morgan fingerprint density at radius 2 is 1.82 bits per heavy atom. The Morgan fingerprint density at radius 3 is 2.45 bits per heavy atom. The molecule has 60 valence electrons. The fourth-order valence-electron chi connectivity index (χ4n) is 0.641. The first-order valence-corrected chi connectivity index (χ1v) is 4.01. The van der Waals surface area contributed by atoms with Crippen LogP contribution in [0.3, 0.4) is 0 Å². The van der Waals surface area contributed by atoms with Crippen molar-refractivity contribution in [1.82, 2.24) is 0 Å². The van der Waals surface area contributed by atoms with E-state index in [0.29, 0.717) is 0 Å². The van der Waals surface area contributed by atoms with Crippen LogP contribution in [0.15, 0.2) is 49.1 Å². The molecule has 0 heteroatoms. The van der Waals surface area contributed by atoms with Gasteiger partial charge in [-0.1, -0.05) is 56.0 Å². The van der Waals surface area contributed by atoms with Crippen LogP contribution in [-0.2, 0) is 0 Å². The quantitative estimate of drug-likeness (QED) is 0.412. The molecule has 0 nitrogen and oxygen atoms in total. The molecule has 0 atom stereocenters. The van der Waals surface area contributed by atoms with Gasteiger partial charge in [-0.2, -0.15) is 0 Å². The van der Waals surface area contributed by atoms with Crippen molar-refractivity contribution < 1.29 is 0 Å². The highest BCUT2D eigenvalue weighted by atomic mass is 13.7. The van der Waals surface area contributed by atoms with Crippen LogP contribution in [-0.4, -0.2) is 0 Å². The minimum Gasteiger partial charge on any atom is -0.0991 e. The molecule has 0 radical (unpaired) electrons. The van der Waals surface area contributed by atoms with Crippen LogP contribution in [0.2, 0.25) is 0 Å². The Morgan fingerprint density at radius 1 is 1.00 bits per heavy atom. The third kappa shape index (κ3) is 8.96. The summed E-state index contributed by atoms with van der Waals surface area (Å²) in [7, 11) is 0. The van der Waals surface area contributed by atoms with Crippen molar-refractivity contribution >= 4 is 0 Å². The monoisotopic (exact) mass is 148 g/mol. The normalized spacial score (nSPS) is 12.1. The maximum Gasteiger partial charge on any atom is -0.0166 e. The molecule has 0 bridgehead atoms. The second kappa shape index (κ2) is 8.96. The Labute approximate surface area is 69.6 Å². The minimum absolute atomic E-state index is 1.02. The number of hydrogen-bond donors (Lipinski definition) is 0. The average molecular weight is 148 g/mol. The van der Waals surface area contributed by atoms with Crippen LogP contribution in [0.4, 0.5) is 0 Å². The zero-order chi connectivity index (χ0) is 8.36. The van der Waals surface area contributed by atoms with Crippen LogP contribution >= 0.6 is 0 Å². The smallest absolute Gasteiger partial charge is 0.0166 e. The van der Waals surface area contributed by atoms with Gasteiger partial charge in [-0.05, 0) is 12.8 Å². The van der Waals surface area contributed by atoms with Gasteiger partial charge in [-0.3, -0.25) is 0 Å². The summed E-state index contributed by atoms with van der Waals surface area (Å²) < 4.78 is 0. The fraction of sp³-hybridized carbons (Fsp3) is 0.273. The van der Waals surface area contributed by atoms with Crippen molar-refractivity contribution in [2.24, 2.45) is 0 Å². The van der Waals surface area contributed by atoms with E-state index in [-0.39, 0.29) is 0 Å². The van der Waals surface area contributed by atoms with Crippen molar-refractivity contribution in [2.45, 2.75) is 19.8 Å². The second-order valence-corrected chi connectivity index (χ2v) is 2.16. The molecular formula is C11H16. The number of rotatable bonds is 5. The van der Waals surface area contributed by atoms with Crippen LogP contribution < -0.4 is 0 Å². The molecule has 0 amide bonds. The molecule has 0 N–H and O–H groups in total. The first kappa shape index (κ1) is 9.96. The lowest BCUT2D eigenvalue weighted by molar-refractivity contribution is 1.20. The topological polar surface area (TPSA) is 0 Å². The largest absolute Gasteiger partial charge is 0.0991 e. The maximum atomic E-state index is 3.57. The lowest BCUT2D eigenvalue weighted by Crippen LogP contribution is -1.57. The van der Waals surface area contributed by atoms with Gasteiger partial charge in [0.2, 0.25) is 0 Å². The molecular weight excluding hydrogens is 132 g/mol. The Bertz CT molecular complexity index is 159. The molecule has 0 aromatic rings. The molecule has 0 aliphatic carbocycles. The Hall–Kier alpha value is -1.04. The van der Waals surface area contributed by atoms with Gasteiger partial charge in [0.15, 0.2) is 0 Å². The molecule has 0 heterocycles. The van der Waals surface area contributed by atoms with Gasteiger partial charge in [0.1, 0.15) is 0 Å². The molecule has 0 aliphatic heterocycles. The zero-order valence-electron chi connectivity index (χ0n) is 7.16. The SMILES string of the molecule is C=C/C=C\C=C\C/C=C\CC. The number of hydrogen-bond acceptors (Lipinski definition) is 0. The average Bonchev–Trinajstić information content (AvgIpc) is 2.03. The van der Waals surface area contributed by atoms with Gasteiger partial charge in [-0.15, -0.1) is 0 Å². The van der Waals surface area contributed by atoms with Crippen LogP contribution in [0.25, 0.3) is 0 Å². The minimum atomic E-state index is 1.02. The van der Waals surface area contributed by atoms with E-state index in [4.69, 9.17) is 0 Å². The van der Waals surface area contributed by atoms with E-state index < -0.39 is 0 Å². The molecule has 11 heavy (non-hydrogen) atoms. The predicted molar refractivity (Wildman–Crippen MR) is 52.5 cm³/mol. The highest BCUT2D eigenvalue weighted by Crippen LogP contribution is 1.88. The highest BCUT2D eigenvalue weighted by molar-refractivity contribution is 5.09. The standard InChI is InChI=1S/C11H16/c1-3-5-7-9-11-10-8-6-4-2/h3,5-9,11H,1,4,10H2,2H3/b7-5-,8-6-,11-9+. The first-order chi connectivity index (χ1) is 5.41. The van der Waals surface area contributed by atoms with Gasteiger partial charge in [0.05, 0.1) is 0 Å². The lowest BCUT2D eigenvalue weighted by Gasteiger charge is -1.79. The molecule has 0 fully saturated rings. The Balaban J connectivity index is 3.36. The first-order valence-electron chi connectivity index (χ1n) is 4.01. The van der Waals surface area contributed by atoms with E-state index in [2.05, 4.69) is 31.7 Å². The van der Waals surface area contributed by atoms with E-state index in [9.17, 15) is 0 Å². The summed E-state index contributed by atoms with van der Waals surface area (Å²) >= 11 is 0. The van der Waals surface area contributed by atoms with Gasteiger partial charge in [0.25, 0.3) is 0 Å². The van der Waals surface area contributed by atoms with E-state index in [0.717, 1.165) is 12.8 Å². The summed E-state index contributed by atoms with van der Waals surface area (Å²) in [4.78, 5) is 0. The Kier molecular flexibility index (Phi) is 8.11. The van der Waals surface area contributed by atoms with Crippen molar-refractivity contribution in [3.8, 4) is 0 Å². The van der Waals surface area contributed by atoms with Gasteiger partial charge >= 0.3 is 0 Å². The third-order valence-electron chi connectivity index (χ3n) is 1.17. The molecule has 0 spiro atoms. The van der Waals surface area contributed by atoms with Crippen LogP contribution in [0.5, 0.6) is 0 Å². The molecule has 0 aromatic heterocycles. The van der Waals surface area contributed by atoms with E-state index in [1.165, 1.54) is 0 Å². The van der Waals surface area contributed by atoms with Gasteiger partial charge in [0, 0.05) is 0 Å². The van der Waals surface area contributed by atoms with Crippen molar-refractivity contribution in [1.29, 1.82) is 0 Å². The van der Waals surface area contributed by atoms with E-state index in [1.807, 2.05) is 18.2 Å². The lowest BCUT2D eigenvalue weighted by atomic mass is 10.3. The summed E-state index contributed by atoms with van der Waals surface area (Å²) in [6.45, 7) is 5.71. The summed E-state index contributed by atoms with van der Waals surface area (Å²) in [6.07, 6.45) is 16.3. The third-order valence-corrected chi connectivity index (χ3v) is 1.17. The molecule has 0 aromatic carbocycles. The number of allylic oxidation sites excluding steroid dienone is 7. The van der Waals surface area contributed by atoms with Crippen molar-refractivity contribution in [3.05, 3.63) is 49.1 Å². The fourth-order valence-corrected chi connectivity index (χ4v) is 0.641. The maximum absolute atomic E-state index is 3.57. The molecule has 0 rings (SSSR count). The van der Waals surface area contributed by atoms with Crippen molar-refractivity contribution in [3.63, 3.8) is 0 Å². The molecule has 0 aliphatic rings. The van der Waals surface area contributed by atoms with Crippen LogP contribution in [0.1, 0.15) is 19.8 Å². The second-order valence-electron chi connectivity index (χ2n) is 2.16. The zero-order valence-corrected chi connectivity index (χ0v) is 7.16. The van der Waals surface area contributed by atoms with Crippen LogP contribution in [0, 0.1) is 0 Å². The summed E-state index contributed by atoms with van der Waals surface area (Å²) in [5.74, 6) is 0. The van der Waals surface area contributed by atoms with Gasteiger partial charge in [-0.25, -0.2) is 0 Å². The highest BCUT2D eigenvalue weighted by Gasteiger charge is 1.67. The summed E-state index contributed by atoms with van der Waals surface area (Å²) in [5.41, 5.74) is 0. The molecule has 0 unspecified atom stereocenters.